The Labute approximate surface area is 137 Å². The van der Waals surface area contributed by atoms with Crippen molar-refractivity contribution in [3.8, 4) is 5.75 Å². The highest BCUT2D eigenvalue weighted by atomic mass is 16.3. The zero-order valence-electron chi connectivity index (χ0n) is 14.5. The molecule has 0 spiro atoms. The number of unbranched alkanes of at least 4 members (excludes halogenated alkanes) is 1. The van der Waals surface area contributed by atoms with E-state index in [9.17, 15) is 9.90 Å². The molecule has 1 heterocycles. The predicted octanol–water partition coefficient (Wildman–Crippen LogP) is 3.89. The molecule has 4 heteroatoms. The molecule has 0 saturated carbocycles. The minimum Gasteiger partial charge on any atom is -0.506 e. The molecular formula is C19H26N2O2. The molecule has 1 aromatic heterocycles. The quantitative estimate of drug-likeness (QED) is 0.822. The summed E-state index contributed by atoms with van der Waals surface area (Å²) in [5.74, 6) is 0.451. The van der Waals surface area contributed by atoms with Crippen molar-refractivity contribution < 1.29 is 5.11 Å². The molecule has 0 aliphatic rings. The number of fused-ring (bicyclic) bond motifs is 1. The van der Waals surface area contributed by atoms with Crippen molar-refractivity contribution in [2.45, 2.75) is 47.1 Å². The van der Waals surface area contributed by atoms with E-state index in [1.807, 2.05) is 25.1 Å². The summed E-state index contributed by atoms with van der Waals surface area (Å²) in [6, 6.07) is 5.73. The van der Waals surface area contributed by atoms with Crippen LogP contribution >= 0.6 is 0 Å². The second-order valence-electron chi connectivity index (χ2n) is 6.43. The maximum absolute atomic E-state index is 12.8. The van der Waals surface area contributed by atoms with Crippen LogP contribution in [0.2, 0.25) is 0 Å². The molecule has 124 valence electrons. The lowest BCUT2D eigenvalue weighted by atomic mass is 10.1. The summed E-state index contributed by atoms with van der Waals surface area (Å²) >= 11 is 0. The Hall–Kier alpha value is -2.10. The van der Waals surface area contributed by atoms with E-state index < -0.39 is 0 Å². The molecule has 0 unspecified atom stereocenters. The van der Waals surface area contributed by atoms with Gasteiger partial charge in [-0.05, 0) is 30.9 Å². The van der Waals surface area contributed by atoms with Gasteiger partial charge >= 0.3 is 0 Å². The van der Waals surface area contributed by atoms with Gasteiger partial charge in [-0.1, -0.05) is 39.3 Å². The number of hydrogen-bond acceptors (Lipinski definition) is 3. The van der Waals surface area contributed by atoms with Crippen LogP contribution in [0.3, 0.4) is 0 Å². The molecule has 0 saturated heterocycles. The summed E-state index contributed by atoms with van der Waals surface area (Å²) in [4.78, 5) is 17.2. The monoisotopic (exact) mass is 314 g/mol. The first-order valence-corrected chi connectivity index (χ1v) is 8.32. The summed E-state index contributed by atoms with van der Waals surface area (Å²) in [6.45, 7) is 9.50. The molecule has 4 nitrogen and oxygen atoms in total. The van der Waals surface area contributed by atoms with E-state index in [4.69, 9.17) is 0 Å². The normalized spacial score (nSPS) is 11.9. The second-order valence-corrected chi connectivity index (χ2v) is 6.43. The minimum atomic E-state index is -0.162. The number of aryl methyl sites for hydroxylation is 2. The second kappa shape index (κ2) is 7.44. The standard InChI is InChI=1S/C19H26N2O2/c1-5-6-10-21-17-14(4)8-7-9-15(17)18(22)16(19(21)23)12-20-11-13(2)3/h7-9,12-13,22H,5-6,10-11H2,1-4H3. The number of benzene rings is 1. The first kappa shape index (κ1) is 17.3. The van der Waals surface area contributed by atoms with Crippen molar-refractivity contribution in [3.05, 3.63) is 39.7 Å². The smallest absolute Gasteiger partial charge is 0.263 e. The first-order chi connectivity index (χ1) is 11.0. The van der Waals surface area contributed by atoms with Crippen LogP contribution in [0.1, 0.15) is 44.7 Å². The zero-order chi connectivity index (χ0) is 17.0. The Bertz CT molecular complexity index is 773. The lowest BCUT2D eigenvalue weighted by Crippen LogP contribution is -2.25. The van der Waals surface area contributed by atoms with Crippen molar-refractivity contribution in [2.24, 2.45) is 10.9 Å². The van der Waals surface area contributed by atoms with Gasteiger partial charge in [0, 0.05) is 24.7 Å². The molecule has 0 aliphatic heterocycles. The van der Waals surface area contributed by atoms with Crippen LogP contribution in [0.25, 0.3) is 10.9 Å². The third-order valence-corrected chi connectivity index (χ3v) is 3.92. The van der Waals surface area contributed by atoms with Crippen LogP contribution in [0.4, 0.5) is 0 Å². The molecule has 1 aromatic carbocycles. The van der Waals surface area contributed by atoms with Crippen LogP contribution in [-0.4, -0.2) is 22.4 Å². The first-order valence-electron chi connectivity index (χ1n) is 8.32. The van der Waals surface area contributed by atoms with Gasteiger partial charge in [0.2, 0.25) is 0 Å². The predicted molar refractivity (Wildman–Crippen MR) is 96.8 cm³/mol. The number of nitrogens with zero attached hydrogens (tertiary/aromatic N) is 2. The number of rotatable bonds is 6. The van der Waals surface area contributed by atoms with Crippen LogP contribution < -0.4 is 5.56 Å². The molecule has 0 atom stereocenters. The van der Waals surface area contributed by atoms with Crippen LogP contribution in [0.5, 0.6) is 5.75 Å². The molecule has 0 fully saturated rings. The Morgan fingerprint density at radius 3 is 2.74 bits per heavy atom. The van der Waals surface area contributed by atoms with E-state index in [0.717, 1.165) is 23.9 Å². The summed E-state index contributed by atoms with van der Waals surface area (Å²) in [7, 11) is 0. The number of aromatic nitrogens is 1. The van der Waals surface area contributed by atoms with Gasteiger partial charge in [0.15, 0.2) is 0 Å². The topological polar surface area (TPSA) is 54.6 Å². The fourth-order valence-electron chi connectivity index (χ4n) is 2.70. The van der Waals surface area contributed by atoms with Gasteiger partial charge in [-0.25, -0.2) is 0 Å². The van der Waals surface area contributed by atoms with Crippen LogP contribution in [0, 0.1) is 12.8 Å². The van der Waals surface area contributed by atoms with Gasteiger partial charge in [-0.3, -0.25) is 9.79 Å². The fourth-order valence-corrected chi connectivity index (χ4v) is 2.70. The maximum atomic E-state index is 12.8. The number of pyridine rings is 1. The van der Waals surface area contributed by atoms with Crippen molar-refractivity contribution in [1.29, 1.82) is 0 Å². The van der Waals surface area contributed by atoms with Gasteiger partial charge in [-0.2, -0.15) is 0 Å². The Balaban J connectivity index is 2.69. The lowest BCUT2D eigenvalue weighted by molar-refractivity contribution is 0.477. The average Bonchev–Trinajstić information content (AvgIpc) is 2.51. The summed E-state index contributed by atoms with van der Waals surface area (Å²) < 4.78 is 1.78. The molecule has 2 aromatic rings. The fraction of sp³-hybridized carbons (Fsp3) is 0.474. The summed E-state index contributed by atoms with van der Waals surface area (Å²) in [5, 5.41) is 11.3. The number of para-hydroxylation sites is 1. The highest BCUT2D eigenvalue weighted by molar-refractivity contribution is 5.96. The maximum Gasteiger partial charge on any atom is 0.263 e. The molecular weight excluding hydrogens is 288 g/mol. The molecule has 1 N–H and O–H groups in total. The van der Waals surface area contributed by atoms with Gasteiger partial charge in [0.05, 0.1) is 5.52 Å². The van der Waals surface area contributed by atoms with Crippen molar-refractivity contribution in [2.75, 3.05) is 6.54 Å². The van der Waals surface area contributed by atoms with E-state index in [0.29, 0.717) is 30.0 Å². The minimum absolute atomic E-state index is 0.0361. The summed E-state index contributed by atoms with van der Waals surface area (Å²) in [5.41, 5.74) is 1.95. The van der Waals surface area contributed by atoms with Crippen LogP contribution in [-0.2, 0) is 6.54 Å². The van der Waals surface area contributed by atoms with Crippen molar-refractivity contribution in [3.63, 3.8) is 0 Å². The van der Waals surface area contributed by atoms with Gasteiger partial charge in [0.1, 0.15) is 11.3 Å². The molecule has 0 radical (unpaired) electrons. The Kier molecular flexibility index (Phi) is 5.59. The van der Waals surface area contributed by atoms with Gasteiger partial charge in [0.25, 0.3) is 5.56 Å². The average molecular weight is 314 g/mol. The van der Waals surface area contributed by atoms with E-state index in [1.54, 1.807) is 4.57 Å². The van der Waals surface area contributed by atoms with Gasteiger partial charge < -0.3 is 9.67 Å². The number of hydrogen-bond donors (Lipinski definition) is 1. The Morgan fingerprint density at radius 2 is 2.09 bits per heavy atom. The SMILES string of the molecule is CCCCn1c(=O)c(C=NCC(C)C)c(O)c2cccc(C)c21. The van der Waals surface area contributed by atoms with E-state index in [1.165, 1.54) is 6.21 Å². The van der Waals surface area contributed by atoms with Crippen LogP contribution in [0.15, 0.2) is 28.0 Å². The summed E-state index contributed by atoms with van der Waals surface area (Å²) in [6.07, 6.45) is 3.47. The molecule has 23 heavy (non-hydrogen) atoms. The van der Waals surface area contributed by atoms with Crippen molar-refractivity contribution >= 4 is 17.1 Å². The number of aliphatic imine (C=N–C) groups is 1. The zero-order valence-corrected chi connectivity index (χ0v) is 14.5. The molecule has 0 aliphatic carbocycles. The lowest BCUT2D eigenvalue weighted by Gasteiger charge is -2.15. The molecule has 0 bridgehead atoms. The van der Waals surface area contributed by atoms with E-state index >= 15 is 0 Å². The highest BCUT2D eigenvalue weighted by Crippen LogP contribution is 2.27. The van der Waals surface area contributed by atoms with E-state index in [2.05, 4.69) is 25.8 Å². The highest BCUT2D eigenvalue weighted by Gasteiger charge is 2.16. The van der Waals surface area contributed by atoms with E-state index in [-0.39, 0.29) is 11.3 Å². The van der Waals surface area contributed by atoms with Crippen molar-refractivity contribution in [1.82, 2.24) is 4.57 Å². The third kappa shape index (κ3) is 3.63. The Morgan fingerprint density at radius 1 is 1.35 bits per heavy atom. The third-order valence-electron chi connectivity index (χ3n) is 3.92. The largest absolute Gasteiger partial charge is 0.506 e. The number of aromatic hydroxyl groups is 1. The van der Waals surface area contributed by atoms with Gasteiger partial charge in [-0.15, -0.1) is 0 Å². The molecule has 0 amide bonds. The molecule has 2 rings (SSSR count).